The fraction of sp³-hybridized carbons (Fsp3) is 0.368. The SMILES string of the molecule is O=C(CSc1ncc(-c2ccc(F)cc2)[nH]1)NCCC1=CCCCC1. The Balaban J connectivity index is 1.41. The topological polar surface area (TPSA) is 57.8 Å². The lowest BCUT2D eigenvalue weighted by atomic mass is 9.97. The molecule has 0 spiro atoms. The number of hydrogen-bond acceptors (Lipinski definition) is 3. The molecule has 1 heterocycles. The molecule has 0 fully saturated rings. The van der Waals surface area contributed by atoms with Gasteiger partial charge in [0.15, 0.2) is 5.16 Å². The third-order valence-electron chi connectivity index (χ3n) is 4.20. The van der Waals surface area contributed by atoms with Gasteiger partial charge < -0.3 is 10.3 Å². The summed E-state index contributed by atoms with van der Waals surface area (Å²) in [6, 6.07) is 6.23. The van der Waals surface area contributed by atoms with Crippen LogP contribution in [0.15, 0.2) is 47.3 Å². The number of halogens is 1. The van der Waals surface area contributed by atoms with E-state index in [9.17, 15) is 9.18 Å². The Bertz CT molecular complexity index is 739. The Morgan fingerprint density at radius 1 is 1.28 bits per heavy atom. The molecule has 0 saturated carbocycles. The van der Waals surface area contributed by atoms with Gasteiger partial charge in [0, 0.05) is 6.54 Å². The van der Waals surface area contributed by atoms with E-state index < -0.39 is 0 Å². The molecule has 0 atom stereocenters. The second-order valence-electron chi connectivity index (χ2n) is 6.11. The lowest BCUT2D eigenvalue weighted by Crippen LogP contribution is -2.26. The van der Waals surface area contributed by atoms with Crippen LogP contribution in [0.25, 0.3) is 11.3 Å². The summed E-state index contributed by atoms with van der Waals surface area (Å²) in [7, 11) is 0. The van der Waals surface area contributed by atoms with Crippen LogP contribution in [0.5, 0.6) is 0 Å². The largest absolute Gasteiger partial charge is 0.355 e. The first-order chi connectivity index (χ1) is 12.2. The number of allylic oxidation sites excluding steroid dienone is 1. The lowest BCUT2D eigenvalue weighted by molar-refractivity contribution is -0.118. The summed E-state index contributed by atoms with van der Waals surface area (Å²) < 4.78 is 13.0. The van der Waals surface area contributed by atoms with Crippen LogP contribution < -0.4 is 5.32 Å². The molecule has 0 bridgehead atoms. The normalized spacial score (nSPS) is 14.2. The molecule has 1 aliphatic rings. The Morgan fingerprint density at radius 3 is 2.88 bits per heavy atom. The van der Waals surface area contributed by atoms with Crippen molar-refractivity contribution in [3.8, 4) is 11.3 Å². The number of aromatic nitrogens is 2. The van der Waals surface area contributed by atoms with Crippen molar-refractivity contribution in [2.24, 2.45) is 0 Å². The molecule has 2 N–H and O–H groups in total. The quantitative estimate of drug-likeness (QED) is 0.572. The molecular weight excluding hydrogens is 337 g/mol. The maximum absolute atomic E-state index is 13.0. The molecule has 1 amide bonds. The number of aromatic amines is 1. The van der Waals surface area contributed by atoms with Gasteiger partial charge >= 0.3 is 0 Å². The first kappa shape index (κ1) is 17.7. The number of nitrogens with zero attached hydrogens (tertiary/aromatic N) is 1. The van der Waals surface area contributed by atoms with Gasteiger partial charge in [0.1, 0.15) is 5.82 Å². The molecule has 1 aromatic carbocycles. The molecule has 2 aromatic rings. The van der Waals surface area contributed by atoms with Gasteiger partial charge in [-0.2, -0.15) is 0 Å². The zero-order valence-corrected chi connectivity index (χ0v) is 14.9. The third-order valence-corrected chi connectivity index (χ3v) is 5.09. The molecule has 132 valence electrons. The number of amides is 1. The summed E-state index contributed by atoms with van der Waals surface area (Å²) in [4.78, 5) is 19.4. The lowest BCUT2D eigenvalue weighted by Gasteiger charge is -2.12. The minimum Gasteiger partial charge on any atom is -0.355 e. The summed E-state index contributed by atoms with van der Waals surface area (Å²) in [5.41, 5.74) is 3.15. The molecule has 1 aromatic heterocycles. The van der Waals surface area contributed by atoms with Crippen molar-refractivity contribution >= 4 is 17.7 Å². The predicted molar refractivity (Wildman–Crippen MR) is 98.9 cm³/mol. The van der Waals surface area contributed by atoms with Gasteiger partial charge in [0.05, 0.1) is 17.6 Å². The zero-order valence-electron chi connectivity index (χ0n) is 14.1. The number of carbonyl (C=O) groups excluding carboxylic acids is 1. The molecule has 0 radical (unpaired) electrons. The van der Waals surface area contributed by atoms with Crippen LogP contribution in [0.2, 0.25) is 0 Å². The molecule has 0 aliphatic heterocycles. The van der Waals surface area contributed by atoms with E-state index in [1.165, 1.54) is 55.2 Å². The van der Waals surface area contributed by atoms with Gasteiger partial charge in [0.25, 0.3) is 0 Å². The predicted octanol–water partition coefficient (Wildman–Crippen LogP) is 4.31. The average Bonchev–Trinajstić information content (AvgIpc) is 3.10. The minimum absolute atomic E-state index is 0.0149. The van der Waals surface area contributed by atoms with E-state index in [0.717, 1.165) is 17.7 Å². The van der Waals surface area contributed by atoms with Crippen LogP contribution in [-0.4, -0.2) is 28.2 Å². The highest BCUT2D eigenvalue weighted by Crippen LogP contribution is 2.22. The van der Waals surface area contributed by atoms with Crippen molar-refractivity contribution in [2.75, 3.05) is 12.3 Å². The summed E-state index contributed by atoms with van der Waals surface area (Å²) >= 11 is 1.37. The number of carbonyl (C=O) groups is 1. The van der Waals surface area contributed by atoms with Gasteiger partial charge in [-0.05, 0) is 61.9 Å². The van der Waals surface area contributed by atoms with Gasteiger partial charge in [-0.1, -0.05) is 23.4 Å². The molecule has 6 heteroatoms. The Kier molecular flexibility index (Phi) is 6.28. The molecule has 3 rings (SSSR count). The highest BCUT2D eigenvalue weighted by molar-refractivity contribution is 7.99. The monoisotopic (exact) mass is 359 g/mol. The van der Waals surface area contributed by atoms with Crippen molar-refractivity contribution in [1.29, 1.82) is 0 Å². The van der Waals surface area contributed by atoms with Gasteiger partial charge in [0.2, 0.25) is 5.91 Å². The average molecular weight is 359 g/mol. The van der Waals surface area contributed by atoms with E-state index in [-0.39, 0.29) is 11.7 Å². The molecular formula is C19H22FN3OS. The standard InChI is InChI=1S/C19H22FN3OS/c20-16-8-6-15(7-9-16)17-12-22-19(23-17)25-13-18(24)21-11-10-14-4-2-1-3-5-14/h4,6-9,12H,1-3,5,10-11,13H2,(H,21,24)(H,22,23). The summed E-state index contributed by atoms with van der Waals surface area (Å²) in [5, 5.41) is 3.65. The smallest absolute Gasteiger partial charge is 0.230 e. The molecule has 1 aliphatic carbocycles. The van der Waals surface area contributed by atoms with Crippen LogP contribution >= 0.6 is 11.8 Å². The van der Waals surface area contributed by atoms with Crippen LogP contribution in [0.4, 0.5) is 4.39 Å². The van der Waals surface area contributed by atoms with Crippen LogP contribution in [0.1, 0.15) is 32.1 Å². The van der Waals surface area contributed by atoms with E-state index in [1.54, 1.807) is 18.3 Å². The number of benzene rings is 1. The third kappa shape index (κ3) is 5.46. The highest BCUT2D eigenvalue weighted by Gasteiger charge is 2.08. The Labute approximate surface area is 151 Å². The Morgan fingerprint density at radius 2 is 2.12 bits per heavy atom. The molecule has 25 heavy (non-hydrogen) atoms. The first-order valence-corrected chi connectivity index (χ1v) is 9.57. The molecule has 0 saturated heterocycles. The highest BCUT2D eigenvalue weighted by atomic mass is 32.2. The van der Waals surface area contributed by atoms with Crippen LogP contribution in [0, 0.1) is 5.82 Å². The number of H-pyrrole nitrogens is 1. The van der Waals surface area contributed by atoms with Crippen LogP contribution in [0.3, 0.4) is 0 Å². The summed E-state index contributed by atoms with van der Waals surface area (Å²) in [6.07, 6.45) is 9.86. The minimum atomic E-state index is -0.265. The van der Waals surface area contributed by atoms with Crippen LogP contribution in [-0.2, 0) is 4.79 Å². The second kappa shape index (κ2) is 8.85. The fourth-order valence-corrected chi connectivity index (χ4v) is 3.51. The van der Waals surface area contributed by atoms with Gasteiger partial charge in [-0.25, -0.2) is 9.37 Å². The second-order valence-corrected chi connectivity index (χ2v) is 7.07. The van der Waals surface area contributed by atoms with E-state index in [2.05, 4.69) is 21.4 Å². The summed E-state index contributed by atoms with van der Waals surface area (Å²) in [5.74, 6) is 0.0785. The zero-order chi connectivity index (χ0) is 17.5. The van der Waals surface area contributed by atoms with E-state index >= 15 is 0 Å². The van der Waals surface area contributed by atoms with Crippen molar-refractivity contribution in [3.05, 3.63) is 47.9 Å². The Hall–Kier alpha value is -2.08. The molecule has 4 nitrogen and oxygen atoms in total. The maximum Gasteiger partial charge on any atom is 0.230 e. The fourth-order valence-electron chi connectivity index (χ4n) is 2.83. The number of nitrogens with one attached hydrogen (secondary N) is 2. The maximum atomic E-state index is 13.0. The number of imidazole rings is 1. The van der Waals surface area contributed by atoms with Crippen molar-refractivity contribution in [1.82, 2.24) is 15.3 Å². The van der Waals surface area contributed by atoms with E-state index in [0.29, 0.717) is 17.5 Å². The number of rotatable bonds is 7. The number of hydrogen-bond donors (Lipinski definition) is 2. The van der Waals surface area contributed by atoms with Gasteiger partial charge in [-0.3, -0.25) is 4.79 Å². The molecule has 0 unspecified atom stereocenters. The number of thioether (sulfide) groups is 1. The van der Waals surface area contributed by atoms with E-state index in [4.69, 9.17) is 0 Å². The van der Waals surface area contributed by atoms with Gasteiger partial charge in [-0.15, -0.1) is 0 Å². The van der Waals surface area contributed by atoms with Crippen molar-refractivity contribution < 1.29 is 9.18 Å². The summed E-state index contributed by atoms with van der Waals surface area (Å²) in [6.45, 7) is 0.699. The first-order valence-electron chi connectivity index (χ1n) is 8.59. The van der Waals surface area contributed by atoms with Crippen molar-refractivity contribution in [2.45, 2.75) is 37.3 Å². The van der Waals surface area contributed by atoms with Crippen molar-refractivity contribution in [3.63, 3.8) is 0 Å². The van der Waals surface area contributed by atoms with E-state index in [1.807, 2.05) is 0 Å².